The van der Waals surface area contributed by atoms with Gasteiger partial charge >= 0.3 is 0 Å². The fraction of sp³-hybridized carbons (Fsp3) is 0.357. The molecular weight excluding hydrogens is 226 g/mol. The lowest BCUT2D eigenvalue weighted by Gasteiger charge is -2.29. The predicted molar refractivity (Wildman–Crippen MR) is 73.1 cm³/mol. The Kier molecular flexibility index (Phi) is 2.91. The van der Waals surface area contributed by atoms with Crippen molar-refractivity contribution in [3.8, 4) is 0 Å². The number of aromatic nitrogens is 1. The summed E-state index contributed by atoms with van der Waals surface area (Å²) in [4.78, 5) is 11.4. The van der Waals surface area contributed by atoms with E-state index < -0.39 is 17.4 Å². The largest absolute Gasteiger partial charge is 0.368 e. The minimum absolute atomic E-state index is 0.479. The number of hydrogen-bond donors (Lipinski definition) is 2. The van der Waals surface area contributed by atoms with E-state index in [2.05, 4.69) is 0 Å². The molecule has 0 aliphatic heterocycles. The number of nitrogens with zero attached hydrogens (tertiary/aromatic N) is 1. The van der Waals surface area contributed by atoms with E-state index in [1.807, 2.05) is 55.9 Å². The lowest BCUT2D eigenvalue weighted by atomic mass is 9.77. The molecule has 1 unspecified atom stereocenters. The topological polar surface area (TPSA) is 74.0 Å². The summed E-state index contributed by atoms with van der Waals surface area (Å²) in [5, 5.41) is 1.11. The van der Waals surface area contributed by atoms with Crippen LogP contribution >= 0.6 is 0 Å². The summed E-state index contributed by atoms with van der Waals surface area (Å²) in [6.45, 7) is 3.90. The Labute approximate surface area is 107 Å². The van der Waals surface area contributed by atoms with E-state index in [0.29, 0.717) is 0 Å². The van der Waals surface area contributed by atoms with Crippen molar-refractivity contribution in [3.63, 3.8) is 0 Å². The van der Waals surface area contributed by atoms with Gasteiger partial charge in [-0.05, 0) is 11.6 Å². The summed E-state index contributed by atoms with van der Waals surface area (Å²) < 4.78 is 2.04. The quantitative estimate of drug-likeness (QED) is 0.854. The van der Waals surface area contributed by atoms with Crippen molar-refractivity contribution in [1.29, 1.82) is 0 Å². The fourth-order valence-electron chi connectivity index (χ4n) is 2.38. The van der Waals surface area contributed by atoms with Gasteiger partial charge in [0.25, 0.3) is 0 Å². The number of rotatable bonds is 3. The first kappa shape index (κ1) is 12.6. The maximum Gasteiger partial charge on any atom is 0.235 e. The number of hydrogen-bond acceptors (Lipinski definition) is 2. The molecular formula is C14H19N3O. The first-order chi connectivity index (χ1) is 8.35. The molecule has 1 aromatic heterocycles. The molecule has 0 saturated carbocycles. The number of primary amides is 1. The minimum atomic E-state index is -0.705. The molecule has 0 aliphatic carbocycles. The molecule has 4 heteroatoms. The Morgan fingerprint density at radius 3 is 2.56 bits per heavy atom. The zero-order valence-corrected chi connectivity index (χ0v) is 11.0. The number of aryl methyl sites for hydroxylation is 1. The molecule has 0 aliphatic rings. The standard InChI is InChI=1S/C14H19N3O/c1-14(2,12(15)13(16)18)10-8-17(3)11-7-5-4-6-9(10)11/h4-8,12H,15H2,1-3H3,(H2,16,18). The Morgan fingerprint density at radius 2 is 1.94 bits per heavy atom. The van der Waals surface area contributed by atoms with Gasteiger partial charge in [-0.2, -0.15) is 0 Å². The van der Waals surface area contributed by atoms with Crippen LogP contribution in [0.5, 0.6) is 0 Å². The van der Waals surface area contributed by atoms with E-state index in [1.54, 1.807) is 0 Å². The van der Waals surface area contributed by atoms with E-state index in [9.17, 15) is 4.79 Å². The molecule has 4 nitrogen and oxygen atoms in total. The highest BCUT2D eigenvalue weighted by molar-refractivity contribution is 5.88. The van der Waals surface area contributed by atoms with Crippen LogP contribution in [0.4, 0.5) is 0 Å². The lowest BCUT2D eigenvalue weighted by Crippen LogP contribution is -2.50. The summed E-state index contributed by atoms with van der Waals surface area (Å²) in [5.74, 6) is -0.479. The lowest BCUT2D eigenvalue weighted by molar-refractivity contribution is -0.120. The molecule has 1 amide bonds. The van der Waals surface area contributed by atoms with Gasteiger partial charge in [-0.3, -0.25) is 4.79 Å². The Balaban J connectivity index is 2.64. The van der Waals surface area contributed by atoms with Crippen molar-refractivity contribution in [2.75, 3.05) is 0 Å². The van der Waals surface area contributed by atoms with Gasteiger partial charge in [0.05, 0.1) is 6.04 Å². The van der Waals surface area contributed by atoms with Crippen molar-refractivity contribution in [3.05, 3.63) is 36.0 Å². The van der Waals surface area contributed by atoms with Gasteiger partial charge in [0, 0.05) is 29.6 Å². The first-order valence-electron chi connectivity index (χ1n) is 5.95. The Morgan fingerprint density at radius 1 is 1.33 bits per heavy atom. The van der Waals surface area contributed by atoms with Crippen molar-refractivity contribution in [2.24, 2.45) is 18.5 Å². The van der Waals surface area contributed by atoms with Crippen LogP contribution in [0.2, 0.25) is 0 Å². The maximum absolute atomic E-state index is 11.4. The molecule has 1 aromatic carbocycles. The molecule has 18 heavy (non-hydrogen) atoms. The molecule has 0 fully saturated rings. The predicted octanol–water partition coefficient (Wildman–Crippen LogP) is 1.27. The summed E-state index contributed by atoms with van der Waals surface area (Å²) in [6, 6.07) is 7.36. The fourth-order valence-corrected chi connectivity index (χ4v) is 2.38. The van der Waals surface area contributed by atoms with Gasteiger partial charge in [0.1, 0.15) is 0 Å². The van der Waals surface area contributed by atoms with Crippen LogP contribution < -0.4 is 11.5 Å². The molecule has 0 spiro atoms. The van der Waals surface area contributed by atoms with E-state index in [4.69, 9.17) is 11.5 Å². The maximum atomic E-state index is 11.4. The third kappa shape index (κ3) is 1.78. The zero-order valence-electron chi connectivity index (χ0n) is 11.0. The zero-order chi connectivity index (χ0) is 13.5. The van der Waals surface area contributed by atoms with Gasteiger partial charge in [-0.1, -0.05) is 32.0 Å². The van der Waals surface area contributed by atoms with Crippen LogP contribution in [0.15, 0.2) is 30.5 Å². The molecule has 2 aromatic rings. The van der Waals surface area contributed by atoms with Gasteiger partial charge in [-0.25, -0.2) is 0 Å². The summed E-state index contributed by atoms with van der Waals surface area (Å²) in [6.07, 6.45) is 2.02. The van der Waals surface area contributed by atoms with E-state index in [1.165, 1.54) is 0 Å². The number of fused-ring (bicyclic) bond motifs is 1. The molecule has 0 radical (unpaired) electrons. The van der Waals surface area contributed by atoms with Crippen molar-refractivity contribution < 1.29 is 4.79 Å². The summed E-state index contributed by atoms with van der Waals surface area (Å²) in [7, 11) is 1.98. The van der Waals surface area contributed by atoms with E-state index in [-0.39, 0.29) is 0 Å². The van der Waals surface area contributed by atoms with Gasteiger partial charge in [0.15, 0.2) is 0 Å². The van der Waals surface area contributed by atoms with Crippen LogP contribution in [0, 0.1) is 0 Å². The van der Waals surface area contributed by atoms with E-state index in [0.717, 1.165) is 16.5 Å². The summed E-state index contributed by atoms with van der Waals surface area (Å²) >= 11 is 0. The number of carbonyl (C=O) groups is 1. The average Bonchev–Trinajstić information content (AvgIpc) is 2.67. The first-order valence-corrected chi connectivity index (χ1v) is 5.95. The third-order valence-electron chi connectivity index (χ3n) is 3.68. The smallest absolute Gasteiger partial charge is 0.235 e. The van der Waals surface area contributed by atoms with Gasteiger partial charge < -0.3 is 16.0 Å². The van der Waals surface area contributed by atoms with E-state index >= 15 is 0 Å². The SMILES string of the molecule is Cn1cc(C(C)(C)C(N)C(N)=O)c2ccccc21. The third-order valence-corrected chi connectivity index (χ3v) is 3.68. The molecule has 1 atom stereocenters. The highest BCUT2D eigenvalue weighted by atomic mass is 16.1. The molecule has 0 bridgehead atoms. The molecule has 1 heterocycles. The normalized spacial score (nSPS) is 13.8. The van der Waals surface area contributed by atoms with Crippen LogP contribution in [0.25, 0.3) is 10.9 Å². The van der Waals surface area contributed by atoms with Gasteiger partial charge in [-0.15, -0.1) is 0 Å². The molecule has 96 valence electrons. The molecule has 0 saturated heterocycles. The van der Waals surface area contributed by atoms with Crippen LogP contribution in [-0.2, 0) is 17.3 Å². The Bertz CT molecular complexity index is 598. The number of para-hydroxylation sites is 1. The second-order valence-electron chi connectivity index (χ2n) is 5.27. The number of carbonyl (C=O) groups excluding carboxylic acids is 1. The monoisotopic (exact) mass is 245 g/mol. The summed E-state index contributed by atoms with van der Waals surface area (Å²) in [5.41, 5.74) is 13.0. The van der Waals surface area contributed by atoms with Crippen molar-refractivity contribution in [2.45, 2.75) is 25.3 Å². The Hall–Kier alpha value is -1.81. The average molecular weight is 245 g/mol. The number of nitrogens with two attached hydrogens (primary N) is 2. The van der Waals surface area contributed by atoms with Crippen LogP contribution in [0.1, 0.15) is 19.4 Å². The second kappa shape index (κ2) is 4.14. The number of benzene rings is 1. The highest BCUT2D eigenvalue weighted by Crippen LogP contribution is 2.33. The van der Waals surface area contributed by atoms with Crippen LogP contribution in [-0.4, -0.2) is 16.5 Å². The molecule has 4 N–H and O–H groups in total. The second-order valence-corrected chi connectivity index (χ2v) is 5.27. The van der Waals surface area contributed by atoms with Crippen LogP contribution in [0.3, 0.4) is 0 Å². The highest BCUT2D eigenvalue weighted by Gasteiger charge is 2.34. The molecule has 2 rings (SSSR count). The number of amides is 1. The van der Waals surface area contributed by atoms with Crippen molar-refractivity contribution in [1.82, 2.24) is 4.57 Å². The van der Waals surface area contributed by atoms with Crippen molar-refractivity contribution >= 4 is 16.8 Å². The minimum Gasteiger partial charge on any atom is -0.368 e. The van der Waals surface area contributed by atoms with Gasteiger partial charge in [0.2, 0.25) is 5.91 Å².